The average Bonchev–Trinajstić information content (AvgIpc) is 3.17. The van der Waals surface area contributed by atoms with Gasteiger partial charge >= 0.3 is 0 Å². The Morgan fingerprint density at radius 3 is 2.74 bits per heavy atom. The minimum absolute atomic E-state index is 0. The molecule has 1 aliphatic carbocycles. The molecule has 1 heterocycles. The number of rotatable bonds is 9. The molecule has 0 unspecified atom stereocenters. The molecular weight excluding hydrogens is 475 g/mol. The van der Waals surface area contributed by atoms with E-state index >= 15 is 0 Å². The number of hydrogen-bond donors (Lipinski definition) is 2. The van der Waals surface area contributed by atoms with Gasteiger partial charge in [-0.3, -0.25) is 4.79 Å². The summed E-state index contributed by atoms with van der Waals surface area (Å²) in [5.74, 6) is 0.661. The smallest absolute Gasteiger partial charge is 0.243 e. The van der Waals surface area contributed by atoms with E-state index in [4.69, 9.17) is 4.74 Å². The number of carbonyl (C=O) groups excluding carboxylic acids is 1. The molecule has 0 saturated heterocycles. The summed E-state index contributed by atoms with van der Waals surface area (Å²) in [7, 11) is 3.49. The molecule has 154 valence electrons. The number of likely N-dealkylation sites (N-methyl/N-ethyl adjacent to an activating group) is 1. The van der Waals surface area contributed by atoms with Gasteiger partial charge in [-0.15, -0.1) is 35.3 Å². The molecule has 1 aromatic rings. The predicted octanol–water partition coefficient (Wildman–Crippen LogP) is 3.23. The molecule has 1 aromatic heterocycles. The third kappa shape index (κ3) is 10.3. The van der Waals surface area contributed by atoms with Crippen LogP contribution in [0.1, 0.15) is 43.4 Å². The first-order valence-corrected chi connectivity index (χ1v) is 10.4. The first kappa shape index (κ1) is 24.2. The molecule has 0 aliphatic heterocycles. The zero-order valence-electron chi connectivity index (χ0n) is 16.4. The van der Waals surface area contributed by atoms with E-state index in [0.29, 0.717) is 18.6 Å². The molecule has 0 atom stereocenters. The highest BCUT2D eigenvalue weighted by Gasteiger charge is 2.13. The van der Waals surface area contributed by atoms with Crippen molar-refractivity contribution in [3.63, 3.8) is 0 Å². The quantitative estimate of drug-likeness (QED) is 0.233. The minimum Gasteiger partial charge on any atom is -0.378 e. The zero-order valence-corrected chi connectivity index (χ0v) is 19.6. The van der Waals surface area contributed by atoms with Gasteiger partial charge < -0.3 is 20.3 Å². The molecule has 8 heteroatoms. The van der Waals surface area contributed by atoms with Gasteiger partial charge in [0.05, 0.1) is 12.6 Å². The molecular formula is C19H33IN4O2S. The van der Waals surface area contributed by atoms with Gasteiger partial charge in [-0.2, -0.15) is 0 Å². The summed E-state index contributed by atoms with van der Waals surface area (Å²) in [6.45, 7) is 2.40. The Morgan fingerprint density at radius 2 is 2.07 bits per heavy atom. The SMILES string of the molecule is CN(C)C(=O)CN=C(NCCCOC1CCCCC1)NCc1cccs1.I. The van der Waals surface area contributed by atoms with Crippen molar-refractivity contribution in [2.24, 2.45) is 4.99 Å². The Morgan fingerprint density at radius 1 is 1.30 bits per heavy atom. The normalized spacial score (nSPS) is 15.1. The topological polar surface area (TPSA) is 66.0 Å². The number of nitrogens with one attached hydrogen (secondary N) is 2. The van der Waals surface area contributed by atoms with Crippen molar-refractivity contribution in [1.82, 2.24) is 15.5 Å². The molecule has 27 heavy (non-hydrogen) atoms. The van der Waals surface area contributed by atoms with E-state index < -0.39 is 0 Å². The maximum atomic E-state index is 11.8. The Bertz CT molecular complexity index is 546. The van der Waals surface area contributed by atoms with Gasteiger partial charge in [-0.05, 0) is 30.7 Å². The van der Waals surface area contributed by atoms with Crippen molar-refractivity contribution >= 4 is 47.2 Å². The molecule has 1 aliphatic rings. The van der Waals surface area contributed by atoms with Crippen LogP contribution in [0.2, 0.25) is 0 Å². The maximum absolute atomic E-state index is 11.8. The van der Waals surface area contributed by atoms with Crippen molar-refractivity contribution in [3.8, 4) is 0 Å². The summed E-state index contributed by atoms with van der Waals surface area (Å²) in [4.78, 5) is 19.0. The lowest BCUT2D eigenvalue weighted by Gasteiger charge is -2.22. The molecule has 6 nitrogen and oxygen atoms in total. The van der Waals surface area contributed by atoms with Gasteiger partial charge in [0, 0.05) is 32.1 Å². The second kappa shape index (κ2) is 14.2. The second-order valence-electron chi connectivity index (χ2n) is 6.80. The van der Waals surface area contributed by atoms with E-state index in [0.717, 1.165) is 19.6 Å². The lowest BCUT2D eigenvalue weighted by molar-refractivity contribution is -0.127. The summed E-state index contributed by atoms with van der Waals surface area (Å²) < 4.78 is 5.95. The van der Waals surface area contributed by atoms with Gasteiger partial charge in [0.1, 0.15) is 6.54 Å². The molecule has 1 saturated carbocycles. The number of guanidine groups is 1. The van der Waals surface area contributed by atoms with E-state index in [9.17, 15) is 4.79 Å². The molecule has 2 rings (SSSR count). The molecule has 0 spiro atoms. The fourth-order valence-corrected chi connectivity index (χ4v) is 3.45. The van der Waals surface area contributed by atoms with Crippen LogP contribution in [0.25, 0.3) is 0 Å². The summed E-state index contributed by atoms with van der Waals surface area (Å²) in [5, 5.41) is 8.66. The van der Waals surface area contributed by atoms with Crippen molar-refractivity contribution in [2.45, 2.75) is 51.2 Å². The van der Waals surface area contributed by atoms with Crippen LogP contribution < -0.4 is 10.6 Å². The molecule has 1 amide bonds. The molecule has 0 bridgehead atoms. The number of hydrogen-bond acceptors (Lipinski definition) is 4. The number of nitrogens with zero attached hydrogens (tertiary/aromatic N) is 2. The Kier molecular flexibility index (Phi) is 12.7. The number of amides is 1. The van der Waals surface area contributed by atoms with Gasteiger partial charge in [-0.1, -0.05) is 25.3 Å². The van der Waals surface area contributed by atoms with E-state index in [1.165, 1.54) is 37.0 Å². The first-order valence-electron chi connectivity index (χ1n) is 9.51. The summed E-state index contributed by atoms with van der Waals surface area (Å²) in [6, 6.07) is 4.11. The van der Waals surface area contributed by atoms with Crippen molar-refractivity contribution < 1.29 is 9.53 Å². The van der Waals surface area contributed by atoms with Crippen LogP contribution >= 0.6 is 35.3 Å². The monoisotopic (exact) mass is 508 g/mol. The fourth-order valence-electron chi connectivity index (χ4n) is 2.81. The largest absolute Gasteiger partial charge is 0.378 e. The van der Waals surface area contributed by atoms with Crippen molar-refractivity contribution in [1.29, 1.82) is 0 Å². The lowest BCUT2D eigenvalue weighted by atomic mass is 9.98. The lowest BCUT2D eigenvalue weighted by Crippen LogP contribution is -2.39. The number of ether oxygens (including phenoxy) is 1. The summed E-state index contributed by atoms with van der Waals surface area (Å²) >= 11 is 1.70. The summed E-state index contributed by atoms with van der Waals surface area (Å²) in [5.41, 5.74) is 0. The van der Waals surface area contributed by atoms with E-state index in [1.54, 1.807) is 30.3 Å². The van der Waals surface area contributed by atoms with Crippen molar-refractivity contribution in [2.75, 3.05) is 33.8 Å². The standard InChI is InChI=1S/C19H32N4O2S.HI/c1-23(2)18(24)15-22-19(21-14-17-10-6-13-26-17)20-11-7-12-25-16-8-4-3-5-9-16;/h6,10,13,16H,3-5,7-9,11-12,14-15H2,1-2H3,(H2,20,21,22);1H. The average molecular weight is 508 g/mol. The number of carbonyl (C=O) groups is 1. The summed E-state index contributed by atoms with van der Waals surface area (Å²) in [6.07, 6.45) is 7.73. The third-order valence-electron chi connectivity index (χ3n) is 4.40. The van der Waals surface area contributed by atoms with Crippen LogP contribution in [-0.2, 0) is 16.1 Å². The molecule has 1 fully saturated rings. The Hall–Kier alpha value is -0.870. The maximum Gasteiger partial charge on any atom is 0.243 e. The van der Waals surface area contributed by atoms with Crippen molar-refractivity contribution in [3.05, 3.63) is 22.4 Å². The van der Waals surface area contributed by atoms with Gasteiger partial charge in [0.25, 0.3) is 0 Å². The molecule has 0 aromatic carbocycles. The van der Waals surface area contributed by atoms with Crippen LogP contribution in [0.4, 0.5) is 0 Å². The van der Waals surface area contributed by atoms with Gasteiger partial charge in [0.2, 0.25) is 5.91 Å². The molecule has 2 N–H and O–H groups in total. The zero-order chi connectivity index (χ0) is 18.6. The van der Waals surface area contributed by atoms with Crippen LogP contribution in [0.15, 0.2) is 22.5 Å². The predicted molar refractivity (Wildman–Crippen MR) is 123 cm³/mol. The highest BCUT2D eigenvalue weighted by Crippen LogP contribution is 2.20. The first-order chi connectivity index (χ1) is 12.6. The highest BCUT2D eigenvalue weighted by atomic mass is 127. The second-order valence-corrected chi connectivity index (χ2v) is 7.83. The van der Waals surface area contributed by atoms with E-state index in [2.05, 4.69) is 27.1 Å². The number of aliphatic imine (C=N–C) groups is 1. The highest BCUT2D eigenvalue weighted by molar-refractivity contribution is 14.0. The minimum atomic E-state index is -0.0112. The fraction of sp³-hybridized carbons (Fsp3) is 0.684. The van der Waals surface area contributed by atoms with Gasteiger partial charge in [0.15, 0.2) is 5.96 Å². The molecule has 0 radical (unpaired) electrons. The van der Waals surface area contributed by atoms with Crippen LogP contribution in [0.3, 0.4) is 0 Å². The van der Waals surface area contributed by atoms with Crippen LogP contribution in [-0.4, -0.2) is 56.7 Å². The Labute approximate surface area is 184 Å². The van der Waals surface area contributed by atoms with Gasteiger partial charge in [-0.25, -0.2) is 4.99 Å². The van der Waals surface area contributed by atoms with Crippen LogP contribution in [0, 0.1) is 0 Å². The number of thiophene rings is 1. The van der Waals surface area contributed by atoms with E-state index in [-0.39, 0.29) is 36.4 Å². The Balaban J connectivity index is 0.00000364. The van der Waals surface area contributed by atoms with Crippen LogP contribution in [0.5, 0.6) is 0 Å². The number of halogens is 1. The van der Waals surface area contributed by atoms with E-state index in [1.807, 2.05) is 6.07 Å². The third-order valence-corrected chi connectivity index (χ3v) is 5.28.